The Hall–Kier alpha value is -2.34. The fraction of sp³-hybridized carbons (Fsp3) is 0.600. The van der Waals surface area contributed by atoms with Crippen molar-refractivity contribution in [2.75, 3.05) is 32.1 Å². The second-order valence-electron chi connectivity index (χ2n) is 5.26. The minimum atomic E-state index is -0.431. The molecule has 2 rings (SSSR count). The molecule has 0 saturated heterocycles. The van der Waals surface area contributed by atoms with Gasteiger partial charge in [0.05, 0.1) is 6.33 Å². The maximum atomic E-state index is 12.3. The van der Waals surface area contributed by atoms with E-state index in [4.69, 9.17) is 16.2 Å². The van der Waals surface area contributed by atoms with Gasteiger partial charge in [0, 0.05) is 12.5 Å². The summed E-state index contributed by atoms with van der Waals surface area (Å²) < 4.78 is 6.90. The van der Waals surface area contributed by atoms with Crippen LogP contribution < -0.4 is 28.1 Å². The number of H-pyrrole nitrogens is 1. The van der Waals surface area contributed by atoms with E-state index in [1.807, 2.05) is 6.92 Å². The molecule has 2 heterocycles. The number of nitrogens with zero attached hydrogens (tertiary/aromatic N) is 3. The molecule has 8 N–H and O–H groups in total. The first kappa shape index (κ1) is 21.7. The van der Waals surface area contributed by atoms with E-state index >= 15 is 0 Å². The maximum Gasteiger partial charge on any atom is 0.280 e. The zero-order valence-corrected chi connectivity index (χ0v) is 15.2. The molecule has 0 spiro atoms. The molecule has 0 aromatic carbocycles. The Morgan fingerprint density at radius 2 is 2.00 bits per heavy atom. The van der Waals surface area contributed by atoms with Gasteiger partial charge in [0.15, 0.2) is 11.2 Å². The number of anilines is 1. The summed E-state index contributed by atoms with van der Waals surface area (Å²) in [5.41, 5.74) is 15.6. The molecule has 26 heavy (non-hydrogen) atoms. The lowest BCUT2D eigenvalue weighted by Gasteiger charge is -2.14. The van der Waals surface area contributed by atoms with Gasteiger partial charge in [-0.3, -0.25) is 24.5 Å². The third kappa shape index (κ3) is 5.59. The summed E-state index contributed by atoms with van der Waals surface area (Å²) in [6.07, 6.45) is 2.50. The van der Waals surface area contributed by atoms with Crippen LogP contribution in [0.15, 0.2) is 11.1 Å². The molecule has 0 atom stereocenters. The van der Waals surface area contributed by atoms with Crippen LogP contribution >= 0.6 is 0 Å². The summed E-state index contributed by atoms with van der Waals surface area (Å²) in [7, 11) is 1.50. The summed E-state index contributed by atoms with van der Waals surface area (Å²) in [5.74, 6) is -0.534. The summed E-state index contributed by atoms with van der Waals surface area (Å²) in [6, 6.07) is 0. The molecule has 11 heteroatoms. The molecular weight excluding hydrogens is 340 g/mol. The van der Waals surface area contributed by atoms with Gasteiger partial charge in [0.1, 0.15) is 6.73 Å². The van der Waals surface area contributed by atoms with Crippen molar-refractivity contribution in [3.63, 3.8) is 0 Å². The van der Waals surface area contributed by atoms with E-state index < -0.39 is 5.56 Å². The Morgan fingerprint density at radius 3 is 2.58 bits per heavy atom. The minimum Gasteiger partial charge on any atom is -0.361 e. The van der Waals surface area contributed by atoms with Crippen molar-refractivity contribution < 1.29 is 9.53 Å². The van der Waals surface area contributed by atoms with E-state index in [1.54, 1.807) is 4.57 Å². The van der Waals surface area contributed by atoms with Gasteiger partial charge in [0.25, 0.3) is 5.56 Å². The third-order valence-corrected chi connectivity index (χ3v) is 3.55. The Morgan fingerprint density at radius 1 is 1.35 bits per heavy atom. The monoisotopic (exact) mass is 368 g/mol. The number of nitrogens with one attached hydrogen (secondary N) is 2. The fourth-order valence-corrected chi connectivity index (χ4v) is 2.32. The average Bonchev–Trinajstić information content (AvgIpc) is 3.05. The Kier molecular flexibility index (Phi) is 9.44. The van der Waals surface area contributed by atoms with Gasteiger partial charge in [-0.2, -0.15) is 4.98 Å². The first-order chi connectivity index (χ1) is 12.6. The van der Waals surface area contributed by atoms with E-state index in [0.29, 0.717) is 38.2 Å². The number of hydrogen-bond donors (Lipinski definition) is 5. The largest absolute Gasteiger partial charge is 0.361 e. The van der Waals surface area contributed by atoms with E-state index in [2.05, 4.69) is 26.0 Å². The van der Waals surface area contributed by atoms with E-state index in [1.165, 1.54) is 13.4 Å². The second kappa shape index (κ2) is 11.3. The van der Waals surface area contributed by atoms with Crippen LogP contribution in [0.3, 0.4) is 0 Å². The molecule has 0 unspecified atom stereocenters. The number of hydrogen-bond acceptors (Lipinski definition) is 8. The van der Waals surface area contributed by atoms with Gasteiger partial charge >= 0.3 is 0 Å². The zero-order valence-electron chi connectivity index (χ0n) is 15.2. The molecule has 0 aliphatic carbocycles. The number of amides is 1. The first-order valence-corrected chi connectivity index (χ1v) is 8.42. The Balaban J connectivity index is 0.00000163. The number of rotatable bonds is 9. The van der Waals surface area contributed by atoms with Crippen LogP contribution in [0.5, 0.6) is 0 Å². The van der Waals surface area contributed by atoms with Gasteiger partial charge in [-0.15, -0.1) is 0 Å². The topological polar surface area (TPSA) is 180 Å². The molecule has 0 saturated carbocycles. The van der Waals surface area contributed by atoms with Crippen molar-refractivity contribution in [3.05, 3.63) is 16.7 Å². The van der Waals surface area contributed by atoms with Gasteiger partial charge in [-0.1, -0.05) is 0 Å². The van der Waals surface area contributed by atoms with Crippen LogP contribution in [0.4, 0.5) is 5.95 Å². The highest BCUT2D eigenvalue weighted by molar-refractivity contribution is 5.91. The average molecular weight is 368 g/mol. The molecule has 0 radical (unpaired) electrons. The molecule has 146 valence electrons. The van der Waals surface area contributed by atoms with Gasteiger partial charge in [-0.05, 0) is 39.9 Å². The second-order valence-corrected chi connectivity index (χ2v) is 5.26. The van der Waals surface area contributed by atoms with Crippen molar-refractivity contribution in [3.8, 4) is 0 Å². The Labute approximate surface area is 151 Å². The highest BCUT2D eigenvalue weighted by Crippen LogP contribution is 2.12. The predicted molar refractivity (Wildman–Crippen MR) is 99.3 cm³/mol. The minimum absolute atomic E-state index is 0.0646. The van der Waals surface area contributed by atoms with Crippen LogP contribution in [-0.4, -0.2) is 52.2 Å². The van der Waals surface area contributed by atoms with Crippen LogP contribution in [0.1, 0.15) is 19.8 Å². The SMILES string of the molecule is CCOCn1cnc2c(=O)[nH]c(NC(=O)C(CCN)CCN)nc21.CN. The molecule has 0 bridgehead atoms. The van der Waals surface area contributed by atoms with Crippen LogP contribution in [0.25, 0.3) is 11.2 Å². The van der Waals surface area contributed by atoms with Crippen LogP contribution in [-0.2, 0) is 16.3 Å². The number of aromatic amines is 1. The third-order valence-electron chi connectivity index (χ3n) is 3.55. The lowest BCUT2D eigenvalue weighted by atomic mass is 10.0. The van der Waals surface area contributed by atoms with Crippen LogP contribution in [0, 0.1) is 5.92 Å². The summed E-state index contributed by atoms with van der Waals surface area (Å²) in [6.45, 7) is 3.36. The number of aromatic nitrogens is 4. The Bertz CT molecular complexity index is 736. The number of carbonyl (C=O) groups excluding carboxylic acids is 1. The molecule has 1 amide bonds. The lowest BCUT2D eigenvalue weighted by Crippen LogP contribution is -2.29. The van der Waals surface area contributed by atoms with E-state index in [9.17, 15) is 9.59 Å². The number of ether oxygens (including phenoxy) is 1. The molecule has 2 aromatic heterocycles. The molecule has 2 aromatic rings. The molecule has 0 aliphatic heterocycles. The highest BCUT2D eigenvalue weighted by atomic mass is 16.5. The van der Waals surface area contributed by atoms with Gasteiger partial charge < -0.3 is 21.9 Å². The van der Waals surface area contributed by atoms with Gasteiger partial charge in [-0.25, -0.2) is 4.98 Å². The van der Waals surface area contributed by atoms with Crippen molar-refractivity contribution >= 4 is 23.0 Å². The molecular formula is C15H28N8O3. The van der Waals surface area contributed by atoms with Crippen LogP contribution in [0.2, 0.25) is 0 Å². The number of nitrogens with two attached hydrogens (primary N) is 3. The highest BCUT2D eigenvalue weighted by Gasteiger charge is 2.19. The molecule has 0 fully saturated rings. The number of imidazole rings is 1. The van der Waals surface area contributed by atoms with E-state index in [0.717, 1.165) is 0 Å². The molecule has 0 aliphatic rings. The normalized spacial score (nSPS) is 10.7. The predicted octanol–water partition coefficient (Wildman–Crippen LogP) is -1.06. The first-order valence-electron chi connectivity index (χ1n) is 8.42. The smallest absolute Gasteiger partial charge is 0.280 e. The zero-order chi connectivity index (χ0) is 19.5. The van der Waals surface area contributed by atoms with Crippen molar-refractivity contribution in [1.29, 1.82) is 0 Å². The van der Waals surface area contributed by atoms with Gasteiger partial charge in [0.2, 0.25) is 11.9 Å². The maximum absolute atomic E-state index is 12.3. The fourth-order valence-electron chi connectivity index (χ4n) is 2.32. The van der Waals surface area contributed by atoms with Crippen molar-refractivity contribution in [2.24, 2.45) is 23.1 Å². The van der Waals surface area contributed by atoms with Crippen molar-refractivity contribution in [1.82, 2.24) is 19.5 Å². The summed E-state index contributed by atoms with van der Waals surface area (Å²) in [5, 5.41) is 2.62. The standard InChI is InChI=1S/C14H23N7O3.CH5N/c1-2-24-8-21-7-17-10-11(21)18-14(20-13(10)23)19-12(22)9(3-5-15)4-6-16;1-2/h7,9H,2-6,8,15-16H2,1H3,(H2,18,19,20,22,23);2H2,1H3. The summed E-state index contributed by atoms with van der Waals surface area (Å²) in [4.78, 5) is 35.2. The summed E-state index contributed by atoms with van der Waals surface area (Å²) >= 11 is 0. The lowest BCUT2D eigenvalue weighted by molar-refractivity contribution is -0.120. The van der Waals surface area contributed by atoms with E-state index in [-0.39, 0.29) is 30.0 Å². The number of carbonyl (C=O) groups is 1. The quantitative estimate of drug-likeness (QED) is 0.371. The number of fused-ring (bicyclic) bond motifs is 1. The molecule has 11 nitrogen and oxygen atoms in total. The van der Waals surface area contributed by atoms with Crippen molar-refractivity contribution in [2.45, 2.75) is 26.5 Å².